The summed E-state index contributed by atoms with van der Waals surface area (Å²) in [6.07, 6.45) is 10.6. The fourth-order valence-corrected chi connectivity index (χ4v) is 5.04. The summed E-state index contributed by atoms with van der Waals surface area (Å²) in [5.41, 5.74) is 7.33. The third-order valence-corrected chi connectivity index (χ3v) is 6.49. The van der Waals surface area contributed by atoms with E-state index in [-0.39, 0.29) is 42.7 Å². The molecule has 152 valence electrons. The van der Waals surface area contributed by atoms with Crippen molar-refractivity contribution in [3.05, 3.63) is 23.9 Å². The number of hydrogen-bond donors (Lipinski definition) is 2. The van der Waals surface area contributed by atoms with E-state index in [2.05, 4.69) is 27.3 Å². The maximum Gasteiger partial charge on any atom is 0.225 e. The Morgan fingerprint density at radius 2 is 1.81 bits per heavy atom. The zero-order valence-corrected chi connectivity index (χ0v) is 17.4. The minimum atomic E-state index is 0. The molecule has 4 unspecified atom stereocenters. The van der Waals surface area contributed by atoms with Crippen molar-refractivity contribution < 1.29 is 4.79 Å². The lowest BCUT2D eigenvalue weighted by Gasteiger charge is -2.27. The van der Waals surface area contributed by atoms with Crippen molar-refractivity contribution in [3.8, 4) is 0 Å². The Kier molecular flexibility index (Phi) is 8.20. The molecule has 5 nitrogen and oxygen atoms in total. The number of nitrogens with one attached hydrogen (secondary N) is 1. The van der Waals surface area contributed by atoms with Gasteiger partial charge in [0.1, 0.15) is 5.82 Å². The van der Waals surface area contributed by atoms with Gasteiger partial charge in [-0.3, -0.25) is 4.79 Å². The summed E-state index contributed by atoms with van der Waals surface area (Å²) in [7, 11) is 0. The summed E-state index contributed by atoms with van der Waals surface area (Å²) in [5.74, 6) is 2.28. The maximum absolute atomic E-state index is 12.6. The van der Waals surface area contributed by atoms with Crippen LogP contribution < -0.4 is 16.0 Å². The van der Waals surface area contributed by atoms with Gasteiger partial charge in [-0.25, -0.2) is 4.98 Å². The average Bonchev–Trinajstić information content (AvgIpc) is 3.11. The Morgan fingerprint density at radius 1 is 1.11 bits per heavy atom. The second-order valence-corrected chi connectivity index (χ2v) is 8.08. The number of amides is 1. The Labute approximate surface area is 174 Å². The summed E-state index contributed by atoms with van der Waals surface area (Å²) >= 11 is 0. The van der Waals surface area contributed by atoms with Crippen LogP contribution in [0.15, 0.2) is 18.3 Å². The molecule has 0 radical (unpaired) electrons. The SMILES string of the molecule is Cl.Cl.NC1C2CCC(C2)C1C(=O)NCc1ccc(N2CCCCCC2)nc1. The minimum absolute atomic E-state index is 0. The van der Waals surface area contributed by atoms with Crippen molar-refractivity contribution in [2.45, 2.75) is 57.5 Å². The number of nitrogens with zero attached hydrogens (tertiary/aromatic N) is 2. The molecule has 3 fully saturated rings. The lowest BCUT2D eigenvalue weighted by atomic mass is 9.84. The number of halogens is 2. The number of nitrogens with two attached hydrogens (primary N) is 1. The molecule has 0 spiro atoms. The van der Waals surface area contributed by atoms with E-state index in [9.17, 15) is 4.79 Å². The monoisotopic (exact) mass is 414 g/mol. The predicted octanol–water partition coefficient (Wildman–Crippen LogP) is 3.30. The van der Waals surface area contributed by atoms with Crippen molar-refractivity contribution in [3.63, 3.8) is 0 Å². The van der Waals surface area contributed by atoms with Gasteiger partial charge in [-0.05, 0) is 55.6 Å². The van der Waals surface area contributed by atoms with Gasteiger partial charge >= 0.3 is 0 Å². The van der Waals surface area contributed by atoms with Gasteiger partial charge in [0.25, 0.3) is 0 Å². The van der Waals surface area contributed by atoms with E-state index < -0.39 is 0 Å². The first-order valence-corrected chi connectivity index (χ1v) is 9.95. The molecule has 1 aromatic rings. The van der Waals surface area contributed by atoms with Gasteiger partial charge in [0.05, 0.1) is 5.92 Å². The Balaban J connectivity index is 0.00000131. The highest BCUT2D eigenvalue weighted by Gasteiger charge is 2.48. The largest absolute Gasteiger partial charge is 0.357 e. The van der Waals surface area contributed by atoms with Gasteiger partial charge in [0, 0.05) is 31.9 Å². The molecule has 2 bridgehead atoms. The van der Waals surface area contributed by atoms with Crippen LogP contribution in [0.5, 0.6) is 0 Å². The standard InChI is InChI=1S/C20H30N4O.2ClH/c21-19-16-7-6-15(11-16)18(19)20(25)23-13-14-5-8-17(22-12-14)24-9-3-1-2-4-10-24;;/h5,8,12,15-16,18-19H,1-4,6-7,9-11,13,21H2,(H,23,25);2*1H. The van der Waals surface area contributed by atoms with E-state index in [4.69, 9.17) is 5.73 Å². The van der Waals surface area contributed by atoms with Crippen LogP contribution in [0, 0.1) is 17.8 Å². The van der Waals surface area contributed by atoms with Crippen LogP contribution in [0.25, 0.3) is 0 Å². The second kappa shape index (κ2) is 9.94. The van der Waals surface area contributed by atoms with Gasteiger partial charge in [-0.2, -0.15) is 0 Å². The van der Waals surface area contributed by atoms with Gasteiger partial charge < -0.3 is 16.0 Å². The van der Waals surface area contributed by atoms with E-state index in [0.717, 1.165) is 30.9 Å². The molecule has 1 saturated heterocycles. The van der Waals surface area contributed by atoms with Crippen LogP contribution in [0.1, 0.15) is 50.5 Å². The van der Waals surface area contributed by atoms with Crippen LogP contribution >= 0.6 is 24.8 Å². The zero-order chi connectivity index (χ0) is 17.2. The Morgan fingerprint density at radius 3 is 2.41 bits per heavy atom. The molecule has 27 heavy (non-hydrogen) atoms. The van der Waals surface area contributed by atoms with E-state index in [1.54, 1.807) is 0 Å². The molecule has 3 aliphatic rings. The zero-order valence-electron chi connectivity index (χ0n) is 15.8. The van der Waals surface area contributed by atoms with E-state index in [1.807, 2.05) is 6.20 Å². The Hall–Kier alpha value is -1.04. The quantitative estimate of drug-likeness (QED) is 0.792. The number of carbonyl (C=O) groups excluding carboxylic acids is 1. The highest BCUT2D eigenvalue weighted by Crippen LogP contribution is 2.47. The maximum atomic E-state index is 12.6. The van der Waals surface area contributed by atoms with Crippen LogP contribution in [0.4, 0.5) is 5.82 Å². The first kappa shape index (κ1) is 22.3. The predicted molar refractivity (Wildman–Crippen MR) is 114 cm³/mol. The van der Waals surface area contributed by atoms with Crippen LogP contribution in [-0.2, 0) is 11.3 Å². The second-order valence-electron chi connectivity index (χ2n) is 8.08. The van der Waals surface area contributed by atoms with E-state index in [1.165, 1.54) is 38.5 Å². The first-order valence-electron chi connectivity index (χ1n) is 9.95. The summed E-state index contributed by atoms with van der Waals surface area (Å²) in [4.78, 5) is 19.6. The number of hydrogen-bond acceptors (Lipinski definition) is 4. The molecule has 1 amide bonds. The van der Waals surface area contributed by atoms with Gasteiger partial charge in [-0.1, -0.05) is 18.9 Å². The third kappa shape index (κ3) is 4.87. The third-order valence-electron chi connectivity index (χ3n) is 6.49. The molecule has 2 saturated carbocycles. The number of fused-ring (bicyclic) bond motifs is 2. The highest BCUT2D eigenvalue weighted by atomic mass is 35.5. The van der Waals surface area contributed by atoms with Gasteiger partial charge in [-0.15, -0.1) is 24.8 Å². The molecule has 0 aromatic carbocycles. The molecule has 1 aliphatic heterocycles. The van der Waals surface area contributed by atoms with E-state index >= 15 is 0 Å². The van der Waals surface area contributed by atoms with Crippen LogP contribution in [0.3, 0.4) is 0 Å². The molecular weight excluding hydrogens is 383 g/mol. The molecule has 2 heterocycles. The number of carbonyl (C=O) groups is 1. The fourth-order valence-electron chi connectivity index (χ4n) is 5.04. The smallest absolute Gasteiger partial charge is 0.225 e. The highest BCUT2D eigenvalue weighted by molar-refractivity contribution is 5.85. The van der Waals surface area contributed by atoms with Crippen molar-refractivity contribution in [1.82, 2.24) is 10.3 Å². The van der Waals surface area contributed by atoms with Crippen LogP contribution in [0.2, 0.25) is 0 Å². The number of anilines is 1. The van der Waals surface area contributed by atoms with Crippen molar-refractivity contribution in [1.29, 1.82) is 0 Å². The molecule has 4 rings (SSSR count). The number of aromatic nitrogens is 1. The van der Waals surface area contributed by atoms with Gasteiger partial charge in [0.2, 0.25) is 5.91 Å². The van der Waals surface area contributed by atoms with Crippen LogP contribution in [-0.4, -0.2) is 30.0 Å². The normalized spacial score (nSPS) is 29.4. The summed E-state index contributed by atoms with van der Waals surface area (Å²) in [6.45, 7) is 2.75. The molecule has 2 aliphatic carbocycles. The summed E-state index contributed by atoms with van der Waals surface area (Å²) < 4.78 is 0. The summed E-state index contributed by atoms with van der Waals surface area (Å²) in [5, 5.41) is 3.09. The topological polar surface area (TPSA) is 71.2 Å². The fraction of sp³-hybridized carbons (Fsp3) is 0.700. The molecule has 3 N–H and O–H groups in total. The lowest BCUT2D eigenvalue weighted by Crippen LogP contribution is -2.45. The summed E-state index contributed by atoms with van der Waals surface area (Å²) in [6, 6.07) is 4.24. The number of rotatable bonds is 4. The average molecular weight is 415 g/mol. The van der Waals surface area contributed by atoms with Crippen molar-refractivity contribution in [2.75, 3.05) is 18.0 Å². The minimum Gasteiger partial charge on any atom is -0.357 e. The molecule has 7 heteroatoms. The van der Waals surface area contributed by atoms with Gasteiger partial charge in [0.15, 0.2) is 0 Å². The first-order chi connectivity index (χ1) is 12.2. The molecular formula is C20H32Cl2N4O. The molecule has 1 aromatic heterocycles. The number of pyridine rings is 1. The van der Waals surface area contributed by atoms with Crippen molar-refractivity contribution in [2.24, 2.45) is 23.5 Å². The molecule has 4 atom stereocenters. The Bertz CT molecular complexity index is 603. The lowest BCUT2D eigenvalue weighted by molar-refractivity contribution is -0.127. The van der Waals surface area contributed by atoms with Crippen molar-refractivity contribution >= 4 is 36.5 Å². The van der Waals surface area contributed by atoms with E-state index in [0.29, 0.717) is 18.4 Å².